The lowest BCUT2D eigenvalue weighted by atomic mass is 9.74. The van der Waals surface area contributed by atoms with Gasteiger partial charge in [-0.3, -0.25) is 4.79 Å². The molecule has 3 N–H and O–H groups in total. The molecule has 0 radical (unpaired) electrons. The first-order valence-corrected chi connectivity index (χ1v) is 17.3. The van der Waals surface area contributed by atoms with Crippen molar-refractivity contribution in [3.8, 4) is 0 Å². The third-order valence-corrected chi connectivity index (χ3v) is 9.33. The molecule has 1 unspecified atom stereocenters. The highest BCUT2D eigenvalue weighted by Gasteiger charge is 2.29. The molecule has 3 rings (SSSR count). The van der Waals surface area contributed by atoms with E-state index in [1.54, 1.807) is 11.8 Å². The quantitative estimate of drug-likeness (QED) is 0.161. The third kappa shape index (κ3) is 10.9. The lowest BCUT2D eigenvalue weighted by molar-refractivity contribution is -0.139. The molecular formula is C35H54N2O4S. The van der Waals surface area contributed by atoms with Crippen molar-refractivity contribution in [2.75, 3.05) is 25.2 Å². The third-order valence-electron chi connectivity index (χ3n) is 8.69. The number of hydrogen-bond donors (Lipinski definition) is 3. The van der Waals surface area contributed by atoms with Crippen LogP contribution in [0.15, 0.2) is 36.4 Å². The molecule has 2 atom stereocenters. The Bertz CT molecular complexity index is 1070. The first-order valence-electron chi connectivity index (χ1n) is 15.9. The number of rotatable bonds is 17. The summed E-state index contributed by atoms with van der Waals surface area (Å²) in [4.78, 5) is 25.4. The van der Waals surface area contributed by atoms with Gasteiger partial charge < -0.3 is 20.5 Å². The standard InChI is InChI=1S/C35H54N2O4S/c1-25(2)16-19-41-24-28(21-26-11-7-6-8-12-26)36-23-27-14-15-29(33(38)37-32(34(39)40)17-20-42-5)30(22-27)31-13-9-10-18-35(31,3)4/h9-10,13-15,22,25-26,28,32,36H,6-8,11-12,16-21,23-24H2,1-5H3,(H,37,38)(H,39,40)/t28?,32-/m0/s1. The number of amides is 1. The van der Waals surface area contributed by atoms with Crippen molar-refractivity contribution in [1.82, 2.24) is 10.6 Å². The number of nitrogens with one attached hydrogen (secondary N) is 2. The number of ether oxygens (including phenoxy) is 1. The summed E-state index contributed by atoms with van der Waals surface area (Å²) < 4.78 is 6.14. The average molecular weight is 599 g/mol. The minimum absolute atomic E-state index is 0.144. The van der Waals surface area contributed by atoms with Gasteiger partial charge in [0.05, 0.1) is 6.61 Å². The first-order chi connectivity index (χ1) is 20.1. The van der Waals surface area contributed by atoms with Gasteiger partial charge in [0.2, 0.25) is 0 Å². The molecule has 0 heterocycles. The van der Waals surface area contributed by atoms with Crippen LogP contribution >= 0.6 is 11.8 Å². The smallest absolute Gasteiger partial charge is 0.326 e. The molecule has 6 nitrogen and oxygen atoms in total. The fourth-order valence-corrected chi connectivity index (χ4v) is 6.48. The van der Waals surface area contributed by atoms with E-state index in [1.807, 2.05) is 18.4 Å². The fraction of sp³-hybridized carbons (Fsp3) is 0.657. The maximum absolute atomic E-state index is 13.5. The zero-order chi connectivity index (χ0) is 30.5. The minimum Gasteiger partial charge on any atom is -0.480 e. The molecule has 42 heavy (non-hydrogen) atoms. The number of hydrogen-bond acceptors (Lipinski definition) is 5. The van der Waals surface area contributed by atoms with Gasteiger partial charge in [-0.2, -0.15) is 11.8 Å². The van der Waals surface area contributed by atoms with Crippen LogP contribution < -0.4 is 10.6 Å². The number of carboxylic acids is 1. The SMILES string of the molecule is CSCC[C@H](NC(=O)c1ccc(CNC(COCCC(C)C)CC2CCCCC2)cc1C1=CC=CCC1(C)C)C(=O)O. The zero-order valence-corrected chi connectivity index (χ0v) is 27.4. The molecule has 2 aliphatic carbocycles. The van der Waals surface area contributed by atoms with E-state index in [1.165, 1.54) is 32.1 Å². The summed E-state index contributed by atoms with van der Waals surface area (Å²) in [6.45, 7) is 11.0. The van der Waals surface area contributed by atoms with Crippen molar-refractivity contribution >= 4 is 29.2 Å². The van der Waals surface area contributed by atoms with Crippen LogP contribution in [-0.4, -0.2) is 54.3 Å². The van der Waals surface area contributed by atoms with Gasteiger partial charge in [-0.1, -0.05) is 84.1 Å². The van der Waals surface area contributed by atoms with Crippen molar-refractivity contribution < 1.29 is 19.4 Å². The van der Waals surface area contributed by atoms with Gasteiger partial charge in [0.15, 0.2) is 0 Å². The van der Waals surface area contributed by atoms with Crippen molar-refractivity contribution in [1.29, 1.82) is 0 Å². The van der Waals surface area contributed by atoms with Crippen LogP contribution in [0.3, 0.4) is 0 Å². The van der Waals surface area contributed by atoms with Crippen molar-refractivity contribution in [3.05, 3.63) is 53.1 Å². The number of carbonyl (C=O) groups excluding carboxylic acids is 1. The summed E-state index contributed by atoms with van der Waals surface area (Å²) in [6, 6.07) is 5.38. The summed E-state index contributed by atoms with van der Waals surface area (Å²) in [5, 5.41) is 16.3. The van der Waals surface area contributed by atoms with E-state index < -0.39 is 12.0 Å². The van der Waals surface area contributed by atoms with Crippen LogP contribution in [0.5, 0.6) is 0 Å². The fourth-order valence-electron chi connectivity index (χ4n) is 6.01. The van der Waals surface area contributed by atoms with E-state index in [0.717, 1.165) is 48.5 Å². The van der Waals surface area contributed by atoms with E-state index >= 15 is 0 Å². The second kappa shape index (κ2) is 17.3. The van der Waals surface area contributed by atoms with Gasteiger partial charge in [-0.25, -0.2) is 4.79 Å². The second-order valence-electron chi connectivity index (χ2n) is 13.2. The number of carboxylic acid groups (broad SMARTS) is 1. The topological polar surface area (TPSA) is 87.7 Å². The molecule has 0 aliphatic heterocycles. The number of allylic oxidation sites excluding steroid dienone is 4. The summed E-state index contributed by atoms with van der Waals surface area (Å²) in [6.07, 6.45) is 18.4. The molecule has 0 aromatic heterocycles. The minimum atomic E-state index is -1.00. The molecule has 1 aromatic carbocycles. The van der Waals surface area contributed by atoms with E-state index in [0.29, 0.717) is 36.8 Å². The highest BCUT2D eigenvalue weighted by Crippen LogP contribution is 2.42. The molecule has 1 amide bonds. The number of thioether (sulfide) groups is 1. The van der Waals surface area contributed by atoms with Crippen molar-refractivity contribution in [2.24, 2.45) is 17.3 Å². The Labute approximate surface area is 258 Å². The van der Waals surface area contributed by atoms with Gasteiger partial charge in [-0.15, -0.1) is 0 Å². The molecule has 0 spiro atoms. The normalized spacial score (nSPS) is 18.5. The molecular weight excluding hydrogens is 544 g/mol. The van der Waals surface area contributed by atoms with Crippen molar-refractivity contribution in [2.45, 2.75) is 104 Å². The lowest BCUT2D eigenvalue weighted by Crippen LogP contribution is -2.41. The average Bonchev–Trinajstić information content (AvgIpc) is 2.96. The monoisotopic (exact) mass is 598 g/mol. The van der Waals surface area contributed by atoms with Crippen molar-refractivity contribution in [3.63, 3.8) is 0 Å². The van der Waals surface area contributed by atoms with Crippen LogP contribution in [0, 0.1) is 17.3 Å². The molecule has 1 saturated carbocycles. The van der Waals surface area contributed by atoms with Crippen LogP contribution in [-0.2, 0) is 16.1 Å². The Morgan fingerprint density at radius 3 is 2.57 bits per heavy atom. The number of carbonyl (C=O) groups is 2. The van der Waals surface area contributed by atoms with Gasteiger partial charge in [0, 0.05) is 24.8 Å². The van der Waals surface area contributed by atoms with Crippen LogP contribution in [0.4, 0.5) is 0 Å². The lowest BCUT2D eigenvalue weighted by Gasteiger charge is -2.31. The first kappa shape index (κ1) is 34.4. The molecule has 7 heteroatoms. The van der Waals surface area contributed by atoms with Crippen LogP contribution in [0.25, 0.3) is 5.57 Å². The van der Waals surface area contributed by atoms with Crippen LogP contribution in [0.2, 0.25) is 0 Å². The largest absolute Gasteiger partial charge is 0.480 e. The van der Waals surface area contributed by atoms with E-state index in [-0.39, 0.29) is 17.4 Å². The van der Waals surface area contributed by atoms with Gasteiger partial charge in [0.1, 0.15) is 6.04 Å². The predicted molar refractivity (Wildman–Crippen MR) is 176 cm³/mol. The maximum Gasteiger partial charge on any atom is 0.326 e. The number of benzene rings is 1. The summed E-state index contributed by atoms with van der Waals surface area (Å²) in [7, 11) is 0. The zero-order valence-electron chi connectivity index (χ0n) is 26.5. The molecule has 1 aromatic rings. The van der Waals surface area contributed by atoms with E-state index in [2.05, 4.69) is 62.6 Å². The molecule has 1 fully saturated rings. The number of aliphatic carboxylic acids is 1. The van der Waals surface area contributed by atoms with Gasteiger partial charge >= 0.3 is 5.97 Å². The van der Waals surface area contributed by atoms with Gasteiger partial charge in [-0.05, 0) is 83.8 Å². The Balaban J connectivity index is 1.82. The van der Waals surface area contributed by atoms with Crippen LogP contribution in [0.1, 0.15) is 107 Å². The van der Waals surface area contributed by atoms with E-state index in [4.69, 9.17) is 4.74 Å². The second-order valence-corrected chi connectivity index (χ2v) is 14.2. The Hall–Kier alpha value is -2.09. The van der Waals surface area contributed by atoms with E-state index in [9.17, 15) is 14.7 Å². The maximum atomic E-state index is 13.5. The molecule has 234 valence electrons. The summed E-state index contributed by atoms with van der Waals surface area (Å²) in [5.41, 5.74) is 3.48. The van der Waals surface area contributed by atoms with Gasteiger partial charge in [0.25, 0.3) is 5.91 Å². The molecule has 0 saturated heterocycles. The highest BCUT2D eigenvalue weighted by molar-refractivity contribution is 7.98. The Kier molecular flexibility index (Phi) is 14.1. The Morgan fingerprint density at radius 2 is 1.90 bits per heavy atom. The summed E-state index contributed by atoms with van der Waals surface area (Å²) >= 11 is 1.58. The molecule has 0 bridgehead atoms. The summed E-state index contributed by atoms with van der Waals surface area (Å²) in [5.74, 6) is 0.715. The highest BCUT2D eigenvalue weighted by atomic mass is 32.2. The predicted octanol–water partition coefficient (Wildman–Crippen LogP) is 7.48. The Morgan fingerprint density at radius 1 is 1.14 bits per heavy atom. The molecule has 2 aliphatic rings.